The van der Waals surface area contributed by atoms with Crippen LogP contribution in [0.15, 0.2) is 42.5 Å². The van der Waals surface area contributed by atoms with Crippen molar-refractivity contribution >= 4 is 29.0 Å². The van der Waals surface area contributed by atoms with Crippen LogP contribution in [0.1, 0.15) is 19.4 Å². The summed E-state index contributed by atoms with van der Waals surface area (Å²) < 4.78 is 5.69. The van der Waals surface area contributed by atoms with E-state index < -0.39 is 5.41 Å². The third-order valence-electron chi connectivity index (χ3n) is 3.96. The molecule has 3 N–H and O–H groups in total. The van der Waals surface area contributed by atoms with E-state index in [9.17, 15) is 9.59 Å². The second kappa shape index (κ2) is 6.47. The zero-order valence-electron chi connectivity index (χ0n) is 14.5. The summed E-state index contributed by atoms with van der Waals surface area (Å²) >= 11 is 0. The van der Waals surface area contributed by atoms with E-state index in [1.54, 1.807) is 18.2 Å². The lowest BCUT2D eigenvalue weighted by Crippen LogP contribution is -2.33. The normalized spacial score (nSPS) is 15.2. The number of benzene rings is 2. The molecule has 0 fully saturated rings. The lowest BCUT2D eigenvalue weighted by atomic mass is 9.94. The van der Waals surface area contributed by atoms with Crippen LogP contribution in [0.4, 0.5) is 21.9 Å². The van der Waals surface area contributed by atoms with Crippen molar-refractivity contribution in [2.24, 2.45) is 5.41 Å². The first-order valence-electron chi connectivity index (χ1n) is 8.06. The second-order valence-electron chi connectivity index (χ2n) is 6.79. The number of hydrogen-bond acceptors (Lipinski definition) is 3. The van der Waals surface area contributed by atoms with Crippen LogP contribution in [-0.2, 0) is 4.79 Å². The van der Waals surface area contributed by atoms with Gasteiger partial charge in [0.2, 0.25) is 5.91 Å². The van der Waals surface area contributed by atoms with Gasteiger partial charge in [-0.05, 0) is 56.7 Å². The van der Waals surface area contributed by atoms with Gasteiger partial charge in [0.1, 0.15) is 12.4 Å². The summed E-state index contributed by atoms with van der Waals surface area (Å²) in [7, 11) is 0. The fraction of sp³-hybridized carbons (Fsp3) is 0.263. The van der Waals surface area contributed by atoms with Crippen LogP contribution in [0.25, 0.3) is 0 Å². The van der Waals surface area contributed by atoms with E-state index in [2.05, 4.69) is 16.0 Å². The molecule has 0 radical (unpaired) electrons. The molecule has 25 heavy (non-hydrogen) atoms. The largest absolute Gasteiger partial charge is 0.490 e. The van der Waals surface area contributed by atoms with Crippen LogP contribution in [0.3, 0.4) is 0 Å². The minimum atomic E-state index is -0.616. The van der Waals surface area contributed by atoms with E-state index in [1.165, 1.54) is 0 Å². The maximum atomic E-state index is 12.2. The highest BCUT2D eigenvalue weighted by Gasteiger charge is 2.32. The Hall–Kier alpha value is -3.02. The molecule has 0 unspecified atom stereocenters. The number of urea groups is 1. The monoisotopic (exact) mass is 339 g/mol. The predicted octanol–water partition coefficient (Wildman–Crippen LogP) is 4.00. The van der Waals surface area contributed by atoms with Crippen molar-refractivity contribution in [3.63, 3.8) is 0 Å². The zero-order valence-corrected chi connectivity index (χ0v) is 14.5. The van der Waals surface area contributed by atoms with Gasteiger partial charge in [0.25, 0.3) is 0 Å². The first kappa shape index (κ1) is 16.8. The molecule has 3 amide bonds. The molecule has 1 aliphatic rings. The smallest absolute Gasteiger partial charge is 0.323 e. The number of carbonyl (C=O) groups excluding carboxylic acids is 2. The van der Waals surface area contributed by atoms with E-state index in [4.69, 9.17) is 4.74 Å². The first-order chi connectivity index (χ1) is 11.8. The summed E-state index contributed by atoms with van der Waals surface area (Å²) in [6.45, 7) is 5.90. The van der Waals surface area contributed by atoms with Crippen LogP contribution in [0.5, 0.6) is 5.75 Å². The molecule has 0 spiro atoms. The lowest BCUT2D eigenvalue weighted by Gasteiger charge is -2.18. The van der Waals surface area contributed by atoms with Gasteiger partial charge < -0.3 is 20.7 Å². The first-order valence-corrected chi connectivity index (χ1v) is 8.06. The summed E-state index contributed by atoms with van der Waals surface area (Å²) in [6.07, 6.45) is 0. The molecule has 130 valence electrons. The highest BCUT2D eigenvalue weighted by atomic mass is 16.5. The van der Waals surface area contributed by atoms with Gasteiger partial charge in [-0.1, -0.05) is 12.1 Å². The number of ether oxygens (including phenoxy) is 1. The molecule has 6 nitrogen and oxygen atoms in total. The molecule has 2 aromatic rings. The third kappa shape index (κ3) is 3.91. The highest BCUT2D eigenvalue weighted by molar-refractivity contribution is 6.01. The Morgan fingerprint density at radius 2 is 1.84 bits per heavy atom. The summed E-state index contributed by atoms with van der Waals surface area (Å²) in [6, 6.07) is 12.3. The number of aryl methyl sites for hydroxylation is 1. The van der Waals surface area contributed by atoms with Crippen LogP contribution in [0, 0.1) is 12.3 Å². The quantitative estimate of drug-likeness (QED) is 0.774. The summed E-state index contributed by atoms with van der Waals surface area (Å²) in [5.41, 5.74) is 2.27. The molecule has 0 atom stereocenters. The fourth-order valence-electron chi connectivity index (χ4n) is 2.46. The predicted molar refractivity (Wildman–Crippen MR) is 98.2 cm³/mol. The Kier molecular flexibility index (Phi) is 4.35. The standard InChI is InChI=1S/C19H21N3O3/c1-12-5-4-6-13(9-12)20-18(24)21-14-7-8-16-15(10-14)22-17(23)19(2,3)11-25-16/h4-10H,11H2,1-3H3,(H,22,23)(H2,20,21,24). The summed E-state index contributed by atoms with van der Waals surface area (Å²) in [4.78, 5) is 24.4. The van der Waals surface area contributed by atoms with E-state index >= 15 is 0 Å². The summed E-state index contributed by atoms with van der Waals surface area (Å²) in [5.74, 6) is 0.469. The van der Waals surface area contributed by atoms with Gasteiger partial charge in [-0.2, -0.15) is 0 Å². The molecule has 0 saturated heterocycles. The van der Waals surface area contributed by atoms with Gasteiger partial charge in [0, 0.05) is 11.4 Å². The minimum absolute atomic E-state index is 0.118. The van der Waals surface area contributed by atoms with Crippen molar-refractivity contribution in [2.45, 2.75) is 20.8 Å². The molecule has 0 saturated carbocycles. The Morgan fingerprint density at radius 1 is 1.12 bits per heavy atom. The molecule has 0 aromatic heterocycles. The molecule has 0 aliphatic carbocycles. The molecular weight excluding hydrogens is 318 g/mol. The van der Waals surface area contributed by atoms with E-state index in [-0.39, 0.29) is 11.9 Å². The van der Waals surface area contributed by atoms with Gasteiger partial charge in [-0.15, -0.1) is 0 Å². The highest BCUT2D eigenvalue weighted by Crippen LogP contribution is 2.34. The lowest BCUT2D eigenvalue weighted by molar-refractivity contribution is -0.124. The van der Waals surface area contributed by atoms with Gasteiger partial charge >= 0.3 is 6.03 Å². The van der Waals surface area contributed by atoms with Crippen LogP contribution >= 0.6 is 0 Å². The average Bonchev–Trinajstić information content (AvgIpc) is 2.64. The average molecular weight is 339 g/mol. The van der Waals surface area contributed by atoms with Gasteiger partial charge in [-0.25, -0.2) is 4.79 Å². The van der Waals surface area contributed by atoms with Crippen molar-refractivity contribution in [1.29, 1.82) is 0 Å². The maximum absolute atomic E-state index is 12.2. The van der Waals surface area contributed by atoms with Crippen LogP contribution in [-0.4, -0.2) is 18.5 Å². The van der Waals surface area contributed by atoms with Gasteiger partial charge in [-0.3, -0.25) is 4.79 Å². The van der Waals surface area contributed by atoms with Crippen molar-refractivity contribution in [1.82, 2.24) is 0 Å². The summed E-state index contributed by atoms with van der Waals surface area (Å²) in [5, 5.41) is 8.38. The number of amides is 3. The Morgan fingerprint density at radius 3 is 2.56 bits per heavy atom. The number of fused-ring (bicyclic) bond motifs is 1. The number of carbonyl (C=O) groups is 2. The molecular formula is C19H21N3O3. The fourth-order valence-corrected chi connectivity index (χ4v) is 2.46. The molecule has 1 aliphatic heterocycles. The van der Waals surface area contributed by atoms with Crippen molar-refractivity contribution < 1.29 is 14.3 Å². The Bertz CT molecular complexity index is 830. The Labute approximate surface area is 146 Å². The van der Waals surface area contributed by atoms with Crippen LogP contribution < -0.4 is 20.7 Å². The zero-order chi connectivity index (χ0) is 18.0. The topological polar surface area (TPSA) is 79.5 Å². The Balaban J connectivity index is 1.72. The number of hydrogen-bond donors (Lipinski definition) is 3. The van der Waals surface area contributed by atoms with Crippen molar-refractivity contribution in [3.8, 4) is 5.75 Å². The van der Waals surface area contributed by atoms with Crippen molar-refractivity contribution in [2.75, 3.05) is 22.6 Å². The second-order valence-corrected chi connectivity index (χ2v) is 6.79. The minimum Gasteiger partial charge on any atom is -0.490 e. The molecule has 1 heterocycles. The van der Waals surface area contributed by atoms with E-state index in [1.807, 2.05) is 45.0 Å². The van der Waals surface area contributed by atoms with Gasteiger partial charge in [0.05, 0.1) is 11.1 Å². The molecule has 2 aromatic carbocycles. The molecule has 3 rings (SSSR count). The van der Waals surface area contributed by atoms with Crippen LogP contribution in [0.2, 0.25) is 0 Å². The number of nitrogens with one attached hydrogen (secondary N) is 3. The van der Waals surface area contributed by atoms with E-state index in [0.29, 0.717) is 29.4 Å². The maximum Gasteiger partial charge on any atom is 0.323 e. The van der Waals surface area contributed by atoms with E-state index in [0.717, 1.165) is 5.56 Å². The number of anilines is 3. The molecule has 6 heteroatoms. The molecule has 0 bridgehead atoms. The number of rotatable bonds is 2. The SMILES string of the molecule is Cc1cccc(NC(=O)Nc2ccc3c(c2)NC(=O)C(C)(C)CO3)c1. The third-order valence-corrected chi connectivity index (χ3v) is 3.96. The van der Waals surface area contributed by atoms with Crippen molar-refractivity contribution in [3.05, 3.63) is 48.0 Å². The van der Waals surface area contributed by atoms with Gasteiger partial charge in [0.15, 0.2) is 0 Å².